The van der Waals surface area contributed by atoms with E-state index >= 15 is 0 Å². The van der Waals surface area contributed by atoms with Crippen molar-refractivity contribution in [3.63, 3.8) is 0 Å². The molecule has 1 heterocycles. The van der Waals surface area contributed by atoms with Gasteiger partial charge in [-0.05, 0) is 12.0 Å². The highest BCUT2D eigenvalue weighted by Crippen LogP contribution is 2.32. The first-order valence-electron chi connectivity index (χ1n) is 7.76. The highest BCUT2D eigenvalue weighted by molar-refractivity contribution is 5.81. The summed E-state index contributed by atoms with van der Waals surface area (Å²) in [7, 11) is 0. The van der Waals surface area contributed by atoms with Gasteiger partial charge in [0.25, 0.3) is 0 Å². The molecule has 0 bridgehead atoms. The molecule has 1 saturated heterocycles. The summed E-state index contributed by atoms with van der Waals surface area (Å²) in [5, 5.41) is 1.84. The molecule has 134 valence electrons. The molecule has 1 aromatic carbocycles. The number of rotatable bonds is 6. The normalized spacial score (nSPS) is 18.8. The van der Waals surface area contributed by atoms with Gasteiger partial charge in [-0.25, -0.2) is 0 Å². The quantitative estimate of drug-likeness (QED) is 0.829. The molecule has 24 heavy (non-hydrogen) atoms. The minimum atomic E-state index is -4.90. The number of carbonyl (C=O) groups excluding carboxylic acids is 1. The predicted molar refractivity (Wildman–Crippen MR) is 80.9 cm³/mol. The molecule has 1 fully saturated rings. The number of carbonyl (C=O) groups is 1. The fraction of sp³-hybridized carbons (Fsp3) is 0.562. The van der Waals surface area contributed by atoms with Crippen LogP contribution in [0.25, 0.3) is 0 Å². The third-order valence-corrected chi connectivity index (χ3v) is 3.83. The first-order chi connectivity index (χ1) is 11.3. The van der Waals surface area contributed by atoms with Crippen molar-refractivity contribution in [2.24, 2.45) is 5.73 Å². The van der Waals surface area contributed by atoms with Crippen molar-refractivity contribution in [3.05, 3.63) is 35.9 Å². The summed E-state index contributed by atoms with van der Waals surface area (Å²) in [5.41, 5.74) is 7.07. The molecule has 1 aliphatic rings. The average molecular weight is 346 g/mol. The van der Waals surface area contributed by atoms with Gasteiger partial charge in [-0.3, -0.25) is 4.79 Å². The zero-order chi connectivity index (χ0) is 17.6. The average Bonchev–Trinajstić information content (AvgIpc) is 2.55. The summed E-state index contributed by atoms with van der Waals surface area (Å²) >= 11 is 0. The predicted octanol–water partition coefficient (Wildman–Crippen LogP) is 2.28. The van der Waals surface area contributed by atoms with E-state index in [4.69, 9.17) is 15.2 Å². The summed E-state index contributed by atoms with van der Waals surface area (Å²) in [4.78, 5) is 10.9. The van der Waals surface area contributed by atoms with Crippen LogP contribution >= 0.6 is 0 Å². The molecule has 0 saturated carbocycles. The molecule has 1 atom stereocenters. The van der Waals surface area contributed by atoms with Gasteiger partial charge in [0.1, 0.15) is 0 Å². The molecule has 0 radical (unpaired) electrons. The fourth-order valence-corrected chi connectivity index (χ4v) is 2.60. The molecule has 2 rings (SSSR count). The summed E-state index contributed by atoms with van der Waals surface area (Å²) in [6, 6.07) is 8.93. The van der Waals surface area contributed by atoms with Crippen LogP contribution < -0.4 is 11.1 Å². The minimum absolute atomic E-state index is 0.0926. The smallest absolute Gasteiger partial charge is 0.350 e. The molecule has 5 nitrogen and oxygen atoms in total. The Balaban J connectivity index is 1.97. The minimum Gasteiger partial charge on any atom is -0.350 e. The van der Waals surface area contributed by atoms with Gasteiger partial charge >= 0.3 is 12.1 Å². The number of alkyl halides is 3. The van der Waals surface area contributed by atoms with Gasteiger partial charge in [0, 0.05) is 25.4 Å². The van der Waals surface area contributed by atoms with Crippen molar-refractivity contribution in [2.75, 3.05) is 19.8 Å². The van der Waals surface area contributed by atoms with E-state index in [1.165, 1.54) is 0 Å². The number of amides is 1. The largest absolute Gasteiger partial charge is 0.471 e. The van der Waals surface area contributed by atoms with Gasteiger partial charge in [0.15, 0.2) is 5.79 Å². The topological polar surface area (TPSA) is 73.6 Å². The summed E-state index contributed by atoms with van der Waals surface area (Å²) < 4.78 is 48.1. The van der Waals surface area contributed by atoms with Crippen LogP contribution in [0.15, 0.2) is 30.3 Å². The molecule has 1 aliphatic heterocycles. The lowest BCUT2D eigenvalue weighted by atomic mass is 9.96. The van der Waals surface area contributed by atoms with Gasteiger partial charge in [-0.1, -0.05) is 30.3 Å². The van der Waals surface area contributed by atoms with Crippen LogP contribution in [0.5, 0.6) is 0 Å². The first kappa shape index (κ1) is 18.7. The van der Waals surface area contributed by atoms with Crippen LogP contribution in [0.2, 0.25) is 0 Å². The SMILES string of the molecule is N[C@@H](CC1(CCNC(=O)C(F)(F)F)OCCCO1)c1ccccc1. The molecule has 1 amide bonds. The lowest BCUT2D eigenvalue weighted by molar-refractivity contribution is -0.274. The van der Waals surface area contributed by atoms with Gasteiger partial charge in [-0.15, -0.1) is 0 Å². The summed E-state index contributed by atoms with van der Waals surface area (Å²) in [5.74, 6) is -3.06. The Morgan fingerprint density at radius 1 is 1.25 bits per heavy atom. The van der Waals surface area contributed by atoms with E-state index in [0.29, 0.717) is 26.1 Å². The molecular weight excluding hydrogens is 325 g/mol. The van der Waals surface area contributed by atoms with Crippen LogP contribution in [-0.4, -0.2) is 37.6 Å². The lowest BCUT2D eigenvalue weighted by Crippen LogP contribution is -2.46. The van der Waals surface area contributed by atoms with Crippen LogP contribution in [-0.2, 0) is 14.3 Å². The third kappa shape index (κ3) is 5.19. The standard InChI is InChI=1S/C16H21F3N2O3/c17-16(18,19)14(22)21-8-7-15(23-9-4-10-24-15)11-13(20)12-5-2-1-3-6-12/h1-3,5-6,13H,4,7-11,20H2,(H,21,22)/t13-/m0/s1. The van der Waals surface area contributed by atoms with Crippen molar-refractivity contribution in [1.29, 1.82) is 0 Å². The Bertz CT molecular complexity index is 531. The van der Waals surface area contributed by atoms with Gasteiger partial charge in [0.2, 0.25) is 0 Å². The van der Waals surface area contributed by atoms with Crippen LogP contribution in [0.4, 0.5) is 13.2 Å². The molecular formula is C16H21F3N2O3. The monoisotopic (exact) mass is 346 g/mol. The van der Waals surface area contributed by atoms with E-state index in [0.717, 1.165) is 5.56 Å². The van der Waals surface area contributed by atoms with E-state index < -0.39 is 17.9 Å². The maximum atomic E-state index is 12.2. The molecule has 0 aliphatic carbocycles. The Kier molecular flexibility index (Phi) is 6.20. The zero-order valence-corrected chi connectivity index (χ0v) is 13.1. The van der Waals surface area contributed by atoms with Gasteiger partial charge < -0.3 is 20.5 Å². The third-order valence-electron chi connectivity index (χ3n) is 3.83. The van der Waals surface area contributed by atoms with Crippen molar-refractivity contribution >= 4 is 5.91 Å². The highest BCUT2D eigenvalue weighted by atomic mass is 19.4. The van der Waals surface area contributed by atoms with Crippen LogP contribution in [0.1, 0.15) is 30.9 Å². The van der Waals surface area contributed by atoms with Crippen molar-refractivity contribution < 1.29 is 27.4 Å². The molecule has 0 aromatic heterocycles. The number of hydrogen-bond acceptors (Lipinski definition) is 4. The second-order valence-electron chi connectivity index (χ2n) is 5.69. The summed E-state index contributed by atoms with van der Waals surface area (Å²) in [6.07, 6.45) is -3.81. The lowest BCUT2D eigenvalue weighted by Gasteiger charge is -2.39. The Morgan fingerprint density at radius 3 is 2.46 bits per heavy atom. The number of hydrogen-bond donors (Lipinski definition) is 2. The van der Waals surface area contributed by atoms with E-state index in [1.807, 2.05) is 35.6 Å². The maximum absolute atomic E-state index is 12.2. The van der Waals surface area contributed by atoms with Crippen molar-refractivity contribution in [2.45, 2.75) is 37.3 Å². The highest BCUT2D eigenvalue weighted by Gasteiger charge is 2.40. The first-order valence-corrected chi connectivity index (χ1v) is 7.76. The summed E-state index contributed by atoms with van der Waals surface area (Å²) in [6.45, 7) is 0.670. The van der Waals surface area contributed by atoms with Gasteiger partial charge in [-0.2, -0.15) is 13.2 Å². The molecule has 1 aromatic rings. The van der Waals surface area contributed by atoms with E-state index in [2.05, 4.69) is 0 Å². The number of benzene rings is 1. The molecule has 3 N–H and O–H groups in total. The Hall–Kier alpha value is -1.64. The van der Waals surface area contributed by atoms with E-state index in [1.54, 1.807) is 0 Å². The molecule has 8 heteroatoms. The van der Waals surface area contributed by atoms with E-state index in [-0.39, 0.29) is 19.0 Å². The molecule has 0 unspecified atom stereocenters. The van der Waals surface area contributed by atoms with Crippen molar-refractivity contribution in [1.82, 2.24) is 5.32 Å². The maximum Gasteiger partial charge on any atom is 0.471 e. The number of nitrogens with one attached hydrogen (secondary N) is 1. The number of halogens is 3. The fourth-order valence-electron chi connectivity index (χ4n) is 2.60. The van der Waals surface area contributed by atoms with Gasteiger partial charge in [0.05, 0.1) is 13.2 Å². The zero-order valence-electron chi connectivity index (χ0n) is 13.1. The van der Waals surface area contributed by atoms with Crippen LogP contribution in [0.3, 0.4) is 0 Å². The Labute approximate surface area is 138 Å². The van der Waals surface area contributed by atoms with Crippen LogP contribution in [0, 0.1) is 0 Å². The van der Waals surface area contributed by atoms with Crippen molar-refractivity contribution in [3.8, 4) is 0 Å². The second kappa shape index (κ2) is 7.96. The number of nitrogens with two attached hydrogens (primary N) is 1. The second-order valence-corrected chi connectivity index (χ2v) is 5.69. The molecule has 0 spiro atoms. The number of ether oxygens (including phenoxy) is 2. The van der Waals surface area contributed by atoms with E-state index in [9.17, 15) is 18.0 Å². The Morgan fingerprint density at radius 2 is 1.88 bits per heavy atom.